The van der Waals surface area contributed by atoms with Crippen LogP contribution in [0.25, 0.3) is 11.3 Å². The molecule has 0 saturated heterocycles. The number of alkyl halides is 3. The maximum Gasteiger partial charge on any atom is 0.405 e. The van der Waals surface area contributed by atoms with E-state index in [4.69, 9.17) is 9.26 Å². The summed E-state index contributed by atoms with van der Waals surface area (Å²) in [5.41, 5.74) is 0.786. The summed E-state index contributed by atoms with van der Waals surface area (Å²) < 4.78 is 45.7. The second kappa shape index (κ2) is 8.34. The number of aromatic nitrogens is 1. The summed E-state index contributed by atoms with van der Waals surface area (Å²) >= 11 is 0. The SMILES string of the molecule is Cc1onc(-c2ccccc2)c1C(=O)OCC(=O)NC(=O)NCC(F)(F)F. The molecule has 1 heterocycles. The number of hydrogen-bond acceptors (Lipinski definition) is 6. The molecule has 2 rings (SSSR count). The molecule has 1 aromatic heterocycles. The Morgan fingerprint density at radius 1 is 1.19 bits per heavy atom. The molecule has 0 saturated carbocycles. The van der Waals surface area contributed by atoms with Gasteiger partial charge in [-0.25, -0.2) is 9.59 Å². The van der Waals surface area contributed by atoms with Crippen molar-refractivity contribution in [2.75, 3.05) is 13.2 Å². The number of imide groups is 1. The standard InChI is InChI=1S/C16H14F3N3O5/c1-9-12(13(22-27-9)10-5-3-2-4-6-10)14(24)26-7-11(23)21-15(25)20-8-16(17,18)19/h2-6H,7-8H2,1H3,(H2,20,21,23,25). The maximum atomic E-state index is 12.2. The minimum atomic E-state index is -4.62. The highest BCUT2D eigenvalue weighted by Gasteiger charge is 2.28. The number of aryl methyl sites for hydroxylation is 1. The number of nitrogens with zero attached hydrogens (tertiary/aromatic N) is 1. The molecule has 144 valence electrons. The third kappa shape index (κ3) is 5.83. The molecule has 0 radical (unpaired) electrons. The molecule has 27 heavy (non-hydrogen) atoms. The van der Waals surface area contributed by atoms with Crippen LogP contribution in [0.15, 0.2) is 34.9 Å². The van der Waals surface area contributed by atoms with Gasteiger partial charge in [-0.15, -0.1) is 0 Å². The molecule has 2 N–H and O–H groups in total. The van der Waals surface area contributed by atoms with Crippen molar-refractivity contribution < 1.29 is 36.8 Å². The third-order valence-electron chi connectivity index (χ3n) is 3.15. The number of esters is 1. The van der Waals surface area contributed by atoms with Gasteiger partial charge in [-0.1, -0.05) is 35.5 Å². The van der Waals surface area contributed by atoms with Gasteiger partial charge in [0.05, 0.1) is 0 Å². The second-order valence-electron chi connectivity index (χ2n) is 5.25. The molecule has 0 unspecified atom stereocenters. The number of benzene rings is 1. The zero-order valence-corrected chi connectivity index (χ0v) is 13.9. The van der Waals surface area contributed by atoms with Gasteiger partial charge in [0.15, 0.2) is 6.61 Å². The van der Waals surface area contributed by atoms with E-state index in [0.29, 0.717) is 5.56 Å². The fraction of sp³-hybridized carbons (Fsp3) is 0.250. The molecular weight excluding hydrogens is 371 g/mol. The molecule has 1 aromatic carbocycles. The second-order valence-corrected chi connectivity index (χ2v) is 5.25. The predicted molar refractivity (Wildman–Crippen MR) is 84.6 cm³/mol. The van der Waals surface area contributed by atoms with Crippen molar-refractivity contribution >= 4 is 17.9 Å². The van der Waals surface area contributed by atoms with Gasteiger partial charge in [-0.05, 0) is 6.92 Å². The number of urea groups is 1. The minimum Gasteiger partial charge on any atom is -0.452 e. The zero-order valence-electron chi connectivity index (χ0n) is 13.9. The van der Waals surface area contributed by atoms with Crippen LogP contribution in [0.5, 0.6) is 0 Å². The average molecular weight is 385 g/mol. The van der Waals surface area contributed by atoms with Crippen LogP contribution >= 0.6 is 0 Å². The fourth-order valence-corrected chi connectivity index (χ4v) is 2.00. The Hall–Kier alpha value is -3.37. The molecule has 3 amide bonds. The smallest absolute Gasteiger partial charge is 0.405 e. The van der Waals surface area contributed by atoms with Crippen LogP contribution in [-0.2, 0) is 9.53 Å². The first kappa shape index (κ1) is 19.9. The summed E-state index contributed by atoms with van der Waals surface area (Å²) in [6.45, 7) is -1.01. The molecule has 11 heteroatoms. The summed E-state index contributed by atoms with van der Waals surface area (Å²) in [6, 6.07) is 7.22. The summed E-state index contributed by atoms with van der Waals surface area (Å²) in [6.07, 6.45) is -4.62. The predicted octanol–water partition coefficient (Wildman–Crippen LogP) is 2.19. The van der Waals surface area contributed by atoms with E-state index in [2.05, 4.69) is 5.16 Å². The van der Waals surface area contributed by atoms with E-state index in [1.807, 2.05) is 0 Å². The highest BCUT2D eigenvalue weighted by atomic mass is 19.4. The van der Waals surface area contributed by atoms with Gasteiger partial charge in [-0.3, -0.25) is 10.1 Å². The van der Waals surface area contributed by atoms with Crippen LogP contribution < -0.4 is 10.6 Å². The maximum absolute atomic E-state index is 12.2. The monoisotopic (exact) mass is 385 g/mol. The van der Waals surface area contributed by atoms with E-state index < -0.39 is 37.2 Å². The number of ether oxygens (including phenoxy) is 1. The quantitative estimate of drug-likeness (QED) is 0.764. The van der Waals surface area contributed by atoms with Crippen molar-refractivity contribution in [1.82, 2.24) is 15.8 Å². The van der Waals surface area contributed by atoms with Crippen LogP contribution in [-0.4, -0.2) is 42.4 Å². The molecule has 0 atom stereocenters. The van der Waals surface area contributed by atoms with Gasteiger partial charge in [0.1, 0.15) is 23.6 Å². The van der Waals surface area contributed by atoms with Gasteiger partial charge in [-0.2, -0.15) is 13.2 Å². The minimum absolute atomic E-state index is 0.00415. The summed E-state index contributed by atoms with van der Waals surface area (Å²) in [4.78, 5) is 34.9. The number of rotatable bonds is 5. The lowest BCUT2D eigenvalue weighted by molar-refractivity contribution is -0.125. The molecule has 0 fully saturated rings. The largest absolute Gasteiger partial charge is 0.452 e. The van der Waals surface area contributed by atoms with Crippen LogP contribution in [0, 0.1) is 6.92 Å². The summed E-state index contributed by atoms with van der Waals surface area (Å²) in [7, 11) is 0. The lowest BCUT2D eigenvalue weighted by Gasteiger charge is -2.09. The Kier molecular flexibility index (Phi) is 6.16. The van der Waals surface area contributed by atoms with Crippen molar-refractivity contribution in [3.8, 4) is 11.3 Å². The van der Waals surface area contributed by atoms with E-state index in [1.54, 1.807) is 35.6 Å². The van der Waals surface area contributed by atoms with Gasteiger partial charge >= 0.3 is 18.2 Å². The zero-order chi connectivity index (χ0) is 20.0. The lowest BCUT2D eigenvalue weighted by atomic mass is 10.1. The Morgan fingerprint density at radius 3 is 2.48 bits per heavy atom. The van der Waals surface area contributed by atoms with Gasteiger partial charge in [0, 0.05) is 5.56 Å². The number of nitrogens with one attached hydrogen (secondary N) is 2. The van der Waals surface area contributed by atoms with Crippen molar-refractivity contribution in [2.24, 2.45) is 0 Å². The van der Waals surface area contributed by atoms with E-state index >= 15 is 0 Å². The Labute approximate surface area is 150 Å². The van der Waals surface area contributed by atoms with Crippen molar-refractivity contribution in [3.05, 3.63) is 41.7 Å². The Morgan fingerprint density at radius 2 is 1.85 bits per heavy atom. The van der Waals surface area contributed by atoms with E-state index in [1.165, 1.54) is 12.2 Å². The van der Waals surface area contributed by atoms with E-state index in [-0.39, 0.29) is 17.0 Å². The number of carbonyl (C=O) groups is 3. The number of hydrogen-bond donors (Lipinski definition) is 2. The number of halogens is 3. The van der Waals surface area contributed by atoms with Gasteiger partial charge < -0.3 is 14.6 Å². The van der Waals surface area contributed by atoms with Crippen LogP contribution in [0.3, 0.4) is 0 Å². The molecule has 0 aliphatic heterocycles. The van der Waals surface area contributed by atoms with Crippen molar-refractivity contribution in [3.63, 3.8) is 0 Å². The molecule has 0 spiro atoms. The normalized spacial score (nSPS) is 11.0. The number of amides is 3. The van der Waals surface area contributed by atoms with Crippen molar-refractivity contribution in [2.45, 2.75) is 13.1 Å². The van der Waals surface area contributed by atoms with Crippen LogP contribution in [0.4, 0.5) is 18.0 Å². The fourth-order valence-electron chi connectivity index (χ4n) is 2.00. The first-order valence-corrected chi connectivity index (χ1v) is 7.50. The lowest BCUT2D eigenvalue weighted by Crippen LogP contribution is -2.44. The molecule has 2 aromatic rings. The third-order valence-corrected chi connectivity index (χ3v) is 3.15. The highest BCUT2D eigenvalue weighted by molar-refractivity contribution is 5.99. The molecular formula is C16H14F3N3O5. The molecule has 0 aliphatic rings. The topological polar surface area (TPSA) is 111 Å². The number of carbonyl (C=O) groups excluding carboxylic acids is 3. The first-order valence-electron chi connectivity index (χ1n) is 7.50. The van der Waals surface area contributed by atoms with Crippen LogP contribution in [0.1, 0.15) is 16.1 Å². The summed E-state index contributed by atoms with van der Waals surface area (Å²) in [5, 5.41) is 6.84. The van der Waals surface area contributed by atoms with Crippen LogP contribution in [0.2, 0.25) is 0 Å². The average Bonchev–Trinajstić information content (AvgIpc) is 3.00. The first-order chi connectivity index (χ1) is 12.7. The van der Waals surface area contributed by atoms with Gasteiger partial charge in [0.25, 0.3) is 5.91 Å². The molecule has 8 nitrogen and oxygen atoms in total. The highest BCUT2D eigenvalue weighted by Crippen LogP contribution is 2.25. The Balaban J connectivity index is 1.94. The van der Waals surface area contributed by atoms with Crippen molar-refractivity contribution in [1.29, 1.82) is 0 Å². The van der Waals surface area contributed by atoms with E-state index in [0.717, 1.165) is 0 Å². The molecule has 0 bridgehead atoms. The van der Waals surface area contributed by atoms with Gasteiger partial charge in [0.2, 0.25) is 0 Å². The Bertz CT molecular complexity index is 834. The molecule has 0 aliphatic carbocycles. The summed E-state index contributed by atoms with van der Waals surface area (Å²) in [5.74, 6) is -1.88. The van der Waals surface area contributed by atoms with E-state index in [9.17, 15) is 27.6 Å².